The van der Waals surface area contributed by atoms with Crippen LogP contribution in [0.25, 0.3) is 0 Å². The first-order chi connectivity index (χ1) is 10.5. The Labute approximate surface area is 137 Å². The summed E-state index contributed by atoms with van der Waals surface area (Å²) >= 11 is 6.69. The summed E-state index contributed by atoms with van der Waals surface area (Å²) in [6.45, 7) is 0.385. The van der Waals surface area contributed by atoms with Gasteiger partial charge in [-0.05, 0) is 23.8 Å². The summed E-state index contributed by atoms with van der Waals surface area (Å²) in [6, 6.07) is 7.87. The van der Waals surface area contributed by atoms with Crippen molar-refractivity contribution in [3.8, 4) is 11.5 Å². The highest BCUT2D eigenvalue weighted by Crippen LogP contribution is 2.43. The monoisotopic (exact) mass is 334 g/mol. The fourth-order valence-electron chi connectivity index (χ4n) is 2.42. The molecule has 0 unspecified atom stereocenters. The summed E-state index contributed by atoms with van der Waals surface area (Å²) in [5, 5.41) is 30.6. The predicted molar refractivity (Wildman–Crippen MR) is 88.5 cm³/mol. The number of hydrogen-bond donors (Lipinski definition) is 3. The zero-order chi connectivity index (χ0) is 15.7. The number of aromatic hydroxyl groups is 2. The van der Waals surface area contributed by atoms with Crippen molar-refractivity contribution in [2.45, 2.75) is 12.3 Å². The van der Waals surface area contributed by atoms with Crippen LogP contribution in [0, 0.1) is 0 Å². The molecular formula is C15H14N2O3S2. The molecule has 1 atom stereocenters. The van der Waals surface area contributed by atoms with Crippen LogP contribution in [0.5, 0.6) is 11.5 Å². The molecule has 0 amide bonds. The highest BCUT2D eigenvalue weighted by atomic mass is 32.2. The van der Waals surface area contributed by atoms with Gasteiger partial charge < -0.3 is 20.2 Å². The normalized spacial score (nSPS) is 21.3. The molecule has 0 aliphatic carbocycles. The molecular weight excluding hydrogens is 320 g/mol. The second-order valence-corrected chi connectivity index (χ2v) is 6.63. The minimum Gasteiger partial charge on any atom is -0.508 e. The van der Waals surface area contributed by atoms with Gasteiger partial charge in [0.15, 0.2) is 5.72 Å². The van der Waals surface area contributed by atoms with Gasteiger partial charge in [0, 0.05) is 30.6 Å². The van der Waals surface area contributed by atoms with E-state index in [1.54, 1.807) is 17.3 Å². The Morgan fingerprint density at radius 2 is 2.14 bits per heavy atom. The molecule has 1 aliphatic heterocycles. The third-order valence-corrected chi connectivity index (χ3v) is 5.13. The van der Waals surface area contributed by atoms with E-state index < -0.39 is 5.72 Å². The Morgan fingerprint density at radius 1 is 1.32 bits per heavy atom. The number of aromatic nitrogens is 1. The molecule has 3 N–H and O–H groups in total. The maximum absolute atomic E-state index is 11.1. The van der Waals surface area contributed by atoms with Gasteiger partial charge in [-0.2, -0.15) is 0 Å². The highest BCUT2D eigenvalue weighted by Gasteiger charge is 2.45. The first-order valence-corrected chi connectivity index (χ1v) is 7.98. The number of rotatable bonds is 3. The number of nitrogens with zero attached hydrogens (tertiary/aromatic N) is 2. The minimum absolute atomic E-state index is 0.0584. The number of pyridine rings is 1. The van der Waals surface area contributed by atoms with Crippen LogP contribution in [0.1, 0.15) is 11.1 Å². The SMILES string of the molecule is Oc1ccc([C@@]2(O)CSC(=S)N2Cc2cccnc2)c(O)c1. The van der Waals surface area contributed by atoms with E-state index in [4.69, 9.17) is 12.2 Å². The smallest absolute Gasteiger partial charge is 0.179 e. The van der Waals surface area contributed by atoms with Crippen LogP contribution >= 0.6 is 24.0 Å². The maximum atomic E-state index is 11.1. The van der Waals surface area contributed by atoms with Crippen LogP contribution in [0.2, 0.25) is 0 Å². The van der Waals surface area contributed by atoms with E-state index in [2.05, 4.69) is 4.98 Å². The quantitative estimate of drug-likeness (QED) is 0.743. The van der Waals surface area contributed by atoms with Crippen LogP contribution < -0.4 is 0 Å². The van der Waals surface area contributed by atoms with Gasteiger partial charge >= 0.3 is 0 Å². The van der Waals surface area contributed by atoms with Crippen molar-refractivity contribution >= 4 is 28.3 Å². The number of thioether (sulfide) groups is 1. The number of thiocarbonyl (C=S) groups is 1. The van der Waals surface area contributed by atoms with Crippen molar-refractivity contribution in [1.29, 1.82) is 0 Å². The fourth-order valence-corrected chi connectivity index (χ4v) is 3.82. The Balaban J connectivity index is 1.98. The first kappa shape index (κ1) is 15.1. The van der Waals surface area contributed by atoms with Gasteiger partial charge in [0.2, 0.25) is 0 Å². The third-order valence-electron chi connectivity index (χ3n) is 3.54. The van der Waals surface area contributed by atoms with E-state index in [0.717, 1.165) is 5.56 Å². The van der Waals surface area contributed by atoms with Gasteiger partial charge in [-0.3, -0.25) is 4.98 Å². The number of aliphatic hydroxyl groups is 1. The van der Waals surface area contributed by atoms with Gasteiger partial charge in [-0.15, -0.1) is 0 Å². The number of benzene rings is 1. The molecule has 1 aliphatic rings. The summed E-state index contributed by atoms with van der Waals surface area (Å²) in [5.74, 6) is 0.0885. The summed E-state index contributed by atoms with van der Waals surface area (Å²) in [6.07, 6.45) is 3.39. The molecule has 1 aromatic carbocycles. The van der Waals surface area contributed by atoms with Crippen LogP contribution in [-0.4, -0.2) is 35.3 Å². The summed E-state index contributed by atoms with van der Waals surface area (Å²) < 4.78 is 0.554. The molecule has 0 bridgehead atoms. The number of hydrogen-bond acceptors (Lipinski definition) is 6. The first-order valence-electron chi connectivity index (χ1n) is 6.59. The molecule has 0 spiro atoms. The Bertz CT molecular complexity index is 711. The molecule has 114 valence electrons. The van der Waals surface area contributed by atoms with Crippen LogP contribution in [-0.2, 0) is 12.3 Å². The van der Waals surface area contributed by atoms with Gasteiger partial charge in [0.05, 0.1) is 5.75 Å². The molecule has 0 radical (unpaired) electrons. The maximum Gasteiger partial charge on any atom is 0.179 e. The molecule has 0 saturated carbocycles. The second kappa shape index (κ2) is 5.75. The van der Waals surface area contributed by atoms with Gasteiger partial charge in [0.1, 0.15) is 15.8 Å². The Hall–Kier alpha value is -1.83. The topological polar surface area (TPSA) is 76.8 Å². The lowest BCUT2D eigenvalue weighted by molar-refractivity contribution is -0.0524. The van der Waals surface area contributed by atoms with Crippen molar-refractivity contribution < 1.29 is 15.3 Å². The van der Waals surface area contributed by atoms with E-state index in [1.165, 1.54) is 30.0 Å². The summed E-state index contributed by atoms with van der Waals surface area (Å²) in [5.41, 5.74) is -0.194. The van der Waals surface area contributed by atoms with E-state index in [0.29, 0.717) is 22.2 Å². The zero-order valence-corrected chi connectivity index (χ0v) is 13.1. The van der Waals surface area contributed by atoms with E-state index in [9.17, 15) is 15.3 Å². The van der Waals surface area contributed by atoms with Crippen molar-refractivity contribution in [2.24, 2.45) is 0 Å². The predicted octanol–water partition coefficient (Wildman–Crippen LogP) is 2.17. The van der Waals surface area contributed by atoms with Crippen molar-refractivity contribution in [3.63, 3.8) is 0 Å². The van der Waals surface area contributed by atoms with Gasteiger partial charge in [0.25, 0.3) is 0 Å². The van der Waals surface area contributed by atoms with E-state index in [-0.39, 0.29) is 11.5 Å². The molecule has 7 heteroatoms. The molecule has 1 aromatic heterocycles. The lowest BCUT2D eigenvalue weighted by Gasteiger charge is -2.34. The Morgan fingerprint density at radius 3 is 2.82 bits per heavy atom. The summed E-state index contributed by atoms with van der Waals surface area (Å²) in [7, 11) is 0. The van der Waals surface area contributed by atoms with Crippen LogP contribution in [0.4, 0.5) is 0 Å². The van der Waals surface area contributed by atoms with Crippen LogP contribution in [0.3, 0.4) is 0 Å². The average Bonchev–Trinajstić information content (AvgIpc) is 2.77. The molecule has 1 saturated heterocycles. The minimum atomic E-state index is -1.42. The molecule has 22 heavy (non-hydrogen) atoms. The molecule has 2 heterocycles. The Kier molecular flexibility index (Phi) is 3.94. The fraction of sp³-hybridized carbons (Fsp3) is 0.200. The number of phenols is 2. The third kappa shape index (κ3) is 2.63. The standard InChI is InChI=1S/C15H14N2O3S2/c18-11-3-4-12(13(19)6-11)15(20)9-22-14(21)17(15)8-10-2-1-5-16-7-10/h1-7,18-20H,8-9H2/t15-/m0/s1. The van der Waals surface area contributed by atoms with Crippen LogP contribution in [0.15, 0.2) is 42.7 Å². The largest absolute Gasteiger partial charge is 0.508 e. The van der Waals surface area contributed by atoms with Crippen molar-refractivity contribution in [2.75, 3.05) is 5.75 Å². The summed E-state index contributed by atoms with van der Waals surface area (Å²) in [4.78, 5) is 5.72. The molecule has 3 rings (SSSR count). The van der Waals surface area contributed by atoms with Gasteiger partial charge in [-0.1, -0.05) is 30.0 Å². The van der Waals surface area contributed by atoms with Gasteiger partial charge in [-0.25, -0.2) is 0 Å². The van der Waals surface area contributed by atoms with Crippen molar-refractivity contribution in [3.05, 3.63) is 53.9 Å². The molecule has 5 nitrogen and oxygen atoms in total. The van der Waals surface area contributed by atoms with E-state index in [1.807, 2.05) is 12.1 Å². The lowest BCUT2D eigenvalue weighted by atomic mass is 10.0. The highest BCUT2D eigenvalue weighted by molar-refractivity contribution is 8.23. The van der Waals surface area contributed by atoms with Crippen molar-refractivity contribution in [1.82, 2.24) is 9.88 Å². The zero-order valence-electron chi connectivity index (χ0n) is 11.5. The molecule has 1 fully saturated rings. The second-order valence-electron chi connectivity index (χ2n) is 5.02. The number of phenolic OH excluding ortho intramolecular Hbond substituents is 2. The lowest BCUT2D eigenvalue weighted by Crippen LogP contribution is -2.44. The van der Waals surface area contributed by atoms with E-state index >= 15 is 0 Å². The molecule has 2 aromatic rings. The average molecular weight is 334 g/mol.